The molecule has 0 radical (unpaired) electrons. The molecule has 136 valence electrons. The van der Waals surface area contributed by atoms with Gasteiger partial charge in [-0.2, -0.15) is 0 Å². The minimum absolute atomic E-state index is 0.0189. The monoisotopic (exact) mass is 367 g/mol. The lowest BCUT2D eigenvalue weighted by Crippen LogP contribution is -2.37. The molecule has 3 aromatic rings. The van der Waals surface area contributed by atoms with Gasteiger partial charge < -0.3 is 4.98 Å². The van der Waals surface area contributed by atoms with E-state index in [9.17, 15) is 4.79 Å². The van der Waals surface area contributed by atoms with Gasteiger partial charge in [-0.3, -0.25) is 9.69 Å². The highest BCUT2D eigenvalue weighted by atomic mass is 32.1. The Labute approximate surface area is 157 Å². The molecular formula is C21H25N3OS. The fourth-order valence-corrected chi connectivity index (χ4v) is 4.96. The highest BCUT2D eigenvalue weighted by Crippen LogP contribution is 2.35. The number of aryl methyl sites for hydroxylation is 2. The first-order valence-corrected chi connectivity index (χ1v) is 10.2. The maximum absolute atomic E-state index is 12.9. The van der Waals surface area contributed by atoms with Gasteiger partial charge in [0.1, 0.15) is 10.7 Å². The molecule has 1 N–H and O–H groups in total. The predicted molar refractivity (Wildman–Crippen MR) is 109 cm³/mol. The van der Waals surface area contributed by atoms with E-state index < -0.39 is 0 Å². The summed E-state index contributed by atoms with van der Waals surface area (Å²) in [6, 6.07) is 8.91. The fraction of sp³-hybridized carbons (Fsp3) is 0.429. The first-order chi connectivity index (χ1) is 12.5. The van der Waals surface area contributed by atoms with Gasteiger partial charge in [-0.05, 0) is 45.7 Å². The van der Waals surface area contributed by atoms with E-state index >= 15 is 0 Å². The number of likely N-dealkylation sites (tertiary alicyclic amines) is 1. The van der Waals surface area contributed by atoms with Crippen LogP contribution >= 0.6 is 11.3 Å². The average Bonchev–Trinajstić information content (AvgIpc) is 2.94. The molecule has 0 saturated carbocycles. The number of thiophene rings is 1. The summed E-state index contributed by atoms with van der Waals surface area (Å²) in [6.07, 6.45) is 3.75. The van der Waals surface area contributed by atoms with Crippen molar-refractivity contribution in [3.8, 4) is 11.1 Å². The molecule has 4 nitrogen and oxygen atoms in total. The summed E-state index contributed by atoms with van der Waals surface area (Å²) in [6.45, 7) is 8.22. The Morgan fingerprint density at radius 1 is 1.23 bits per heavy atom. The van der Waals surface area contributed by atoms with Gasteiger partial charge in [0.25, 0.3) is 5.56 Å². The van der Waals surface area contributed by atoms with Crippen molar-refractivity contribution >= 4 is 21.6 Å². The van der Waals surface area contributed by atoms with Crippen molar-refractivity contribution in [2.75, 3.05) is 6.54 Å². The van der Waals surface area contributed by atoms with Gasteiger partial charge in [-0.25, -0.2) is 4.98 Å². The first-order valence-electron chi connectivity index (χ1n) is 9.36. The third-order valence-corrected chi connectivity index (χ3v) is 6.42. The molecule has 1 atom stereocenters. The highest BCUT2D eigenvalue weighted by molar-refractivity contribution is 7.19. The van der Waals surface area contributed by atoms with Gasteiger partial charge in [0.2, 0.25) is 0 Å². The van der Waals surface area contributed by atoms with Crippen LogP contribution < -0.4 is 5.56 Å². The molecule has 0 aliphatic carbocycles. The maximum atomic E-state index is 12.9. The number of nitrogens with one attached hydrogen (secondary N) is 1. The molecule has 1 fully saturated rings. The Morgan fingerprint density at radius 2 is 2.00 bits per heavy atom. The van der Waals surface area contributed by atoms with Crippen molar-refractivity contribution in [1.29, 1.82) is 0 Å². The van der Waals surface area contributed by atoms with E-state index in [1.54, 1.807) is 11.3 Å². The average molecular weight is 368 g/mol. The van der Waals surface area contributed by atoms with Gasteiger partial charge in [0.05, 0.1) is 11.9 Å². The number of aromatic nitrogens is 2. The van der Waals surface area contributed by atoms with E-state index in [0.717, 1.165) is 45.1 Å². The van der Waals surface area contributed by atoms with E-state index in [2.05, 4.69) is 54.9 Å². The summed E-state index contributed by atoms with van der Waals surface area (Å²) in [5.74, 6) is 0.785. The molecule has 2 aromatic heterocycles. The molecule has 1 aromatic carbocycles. The van der Waals surface area contributed by atoms with E-state index in [0.29, 0.717) is 6.04 Å². The van der Waals surface area contributed by atoms with Gasteiger partial charge in [0.15, 0.2) is 0 Å². The summed E-state index contributed by atoms with van der Waals surface area (Å²) in [7, 11) is 0. The lowest BCUT2D eigenvalue weighted by molar-refractivity contribution is 0.149. The highest BCUT2D eigenvalue weighted by Gasteiger charge is 2.21. The van der Waals surface area contributed by atoms with Crippen LogP contribution in [0.4, 0.5) is 0 Å². The zero-order chi connectivity index (χ0) is 18.3. The number of benzene rings is 1. The zero-order valence-corrected chi connectivity index (χ0v) is 16.4. The molecule has 0 spiro atoms. The van der Waals surface area contributed by atoms with Crippen LogP contribution in [0.25, 0.3) is 21.3 Å². The normalized spacial score (nSPS) is 18.5. The Kier molecular flexibility index (Phi) is 4.67. The van der Waals surface area contributed by atoms with E-state index in [1.807, 2.05) is 0 Å². The standard InChI is InChI=1S/C21H25N3OS/c1-13-7-9-16(10-8-13)18-15(3)26-21-19(18)20(25)22-17(23-21)12-24-11-5-4-6-14(24)2/h7-10,14H,4-6,11-12H2,1-3H3,(H,22,23,25)/t14-/m1/s1. The summed E-state index contributed by atoms with van der Waals surface area (Å²) >= 11 is 1.62. The first kappa shape index (κ1) is 17.4. The Hall–Kier alpha value is -1.98. The molecule has 5 heteroatoms. The third-order valence-electron chi connectivity index (χ3n) is 5.42. The van der Waals surface area contributed by atoms with E-state index in [1.165, 1.54) is 24.8 Å². The third kappa shape index (κ3) is 3.21. The maximum Gasteiger partial charge on any atom is 0.260 e. The molecule has 0 bridgehead atoms. The van der Waals surface area contributed by atoms with E-state index in [-0.39, 0.29) is 5.56 Å². The summed E-state index contributed by atoms with van der Waals surface area (Å²) in [4.78, 5) is 25.2. The fourth-order valence-electron chi connectivity index (χ4n) is 3.89. The van der Waals surface area contributed by atoms with Crippen LogP contribution in [0.15, 0.2) is 29.1 Å². The van der Waals surface area contributed by atoms with Gasteiger partial charge in [-0.15, -0.1) is 11.3 Å². The lowest BCUT2D eigenvalue weighted by Gasteiger charge is -2.32. The van der Waals surface area contributed by atoms with Crippen LogP contribution in [0.1, 0.15) is 42.5 Å². The SMILES string of the molecule is Cc1ccc(-c2c(C)sc3nc(CN4CCCC[C@H]4C)[nH]c(=O)c23)cc1. The second-order valence-corrected chi connectivity index (χ2v) is 8.61. The molecule has 1 aliphatic rings. The predicted octanol–water partition coefficient (Wildman–Crippen LogP) is 4.64. The summed E-state index contributed by atoms with van der Waals surface area (Å²) < 4.78 is 0. The van der Waals surface area contributed by atoms with Crippen LogP contribution in [-0.4, -0.2) is 27.5 Å². The van der Waals surface area contributed by atoms with Crippen molar-refractivity contribution in [3.63, 3.8) is 0 Å². The minimum Gasteiger partial charge on any atom is -0.309 e. The summed E-state index contributed by atoms with van der Waals surface area (Å²) in [5, 5.41) is 0.729. The van der Waals surface area contributed by atoms with Crippen LogP contribution in [-0.2, 0) is 6.54 Å². The molecule has 0 unspecified atom stereocenters. The van der Waals surface area contributed by atoms with Crippen LogP contribution in [0.2, 0.25) is 0 Å². The number of fused-ring (bicyclic) bond motifs is 1. The van der Waals surface area contributed by atoms with Gasteiger partial charge in [0, 0.05) is 16.5 Å². The molecular weight excluding hydrogens is 342 g/mol. The second kappa shape index (κ2) is 6.97. The Bertz CT molecular complexity index is 987. The number of aromatic amines is 1. The number of hydrogen-bond donors (Lipinski definition) is 1. The Balaban J connectivity index is 1.75. The number of H-pyrrole nitrogens is 1. The molecule has 3 heterocycles. The molecule has 1 aliphatic heterocycles. The van der Waals surface area contributed by atoms with Crippen molar-refractivity contribution < 1.29 is 0 Å². The van der Waals surface area contributed by atoms with Crippen molar-refractivity contribution in [3.05, 3.63) is 50.9 Å². The molecule has 4 rings (SSSR count). The van der Waals surface area contributed by atoms with Crippen LogP contribution in [0.3, 0.4) is 0 Å². The molecule has 26 heavy (non-hydrogen) atoms. The largest absolute Gasteiger partial charge is 0.309 e. The number of piperidine rings is 1. The van der Waals surface area contributed by atoms with Crippen molar-refractivity contribution in [1.82, 2.24) is 14.9 Å². The lowest BCUT2D eigenvalue weighted by atomic mass is 10.0. The molecule has 1 saturated heterocycles. The van der Waals surface area contributed by atoms with E-state index in [4.69, 9.17) is 4.98 Å². The number of nitrogens with zero attached hydrogens (tertiary/aromatic N) is 2. The number of hydrogen-bond acceptors (Lipinski definition) is 4. The van der Waals surface area contributed by atoms with Crippen molar-refractivity contribution in [2.45, 2.75) is 52.6 Å². The van der Waals surface area contributed by atoms with Crippen LogP contribution in [0.5, 0.6) is 0 Å². The van der Waals surface area contributed by atoms with Gasteiger partial charge >= 0.3 is 0 Å². The second-order valence-electron chi connectivity index (χ2n) is 7.41. The van der Waals surface area contributed by atoms with Gasteiger partial charge in [-0.1, -0.05) is 36.2 Å². The Morgan fingerprint density at radius 3 is 2.73 bits per heavy atom. The summed E-state index contributed by atoms with van der Waals surface area (Å²) in [5.41, 5.74) is 3.31. The van der Waals surface area contributed by atoms with Crippen molar-refractivity contribution in [2.24, 2.45) is 0 Å². The molecule has 0 amide bonds. The number of rotatable bonds is 3. The topological polar surface area (TPSA) is 49.0 Å². The smallest absolute Gasteiger partial charge is 0.260 e. The minimum atomic E-state index is -0.0189. The zero-order valence-electron chi connectivity index (χ0n) is 15.6. The quantitative estimate of drug-likeness (QED) is 0.733. The van der Waals surface area contributed by atoms with Crippen LogP contribution in [0, 0.1) is 13.8 Å².